The molecule has 2 aliphatic heterocycles. The fraction of sp³-hybridized carbons (Fsp3) is 0.929. The van der Waals surface area contributed by atoms with Crippen LogP contribution >= 0.6 is 0 Å². The molecule has 2 bridgehead atoms. The van der Waals surface area contributed by atoms with Crippen molar-refractivity contribution in [2.24, 2.45) is 17.3 Å². The molecule has 2 heteroatoms. The van der Waals surface area contributed by atoms with Gasteiger partial charge in [0.05, 0.1) is 5.92 Å². The van der Waals surface area contributed by atoms with Gasteiger partial charge in [0.15, 0.2) is 0 Å². The molecule has 2 saturated heterocycles. The van der Waals surface area contributed by atoms with Gasteiger partial charge in [0.1, 0.15) is 5.60 Å². The van der Waals surface area contributed by atoms with E-state index in [1.807, 2.05) is 0 Å². The number of ether oxygens (including phenoxy) is 1. The molecule has 16 heavy (non-hydrogen) atoms. The van der Waals surface area contributed by atoms with Gasteiger partial charge in [0.2, 0.25) is 0 Å². The van der Waals surface area contributed by atoms with Crippen LogP contribution in [0.4, 0.5) is 0 Å². The molecule has 2 spiro atoms. The number of hydrogen-bond donors (Lipinski definition) is 0. The fourth-order valence-electron chi connectivity index (χ4n) is 4.64. The summed E-state index contributed by atoms with van der Waals surface area (Å²) in [5.74, 6) is 1.08. The van der Waals surface area contributed by atoms with Crippen molar-refractivity contribution in [2.45, 2.75) is 63.4 Å². The number of hydrogen-bond acceptors (Lipinski definition) is 2. The first-order valence-electron chi connectivity index (χ1n) is 6.94. The molecule has 0 unspecified atom stereocenters. The Morgan fingerprint density at radius 3 is 2.69 bits per heavy atom. The lowest BCUT2D eigenvalue weighted by Crippen LogP contribution is -2.48. The van der Waals surface area contributed by atoms with E-state index in [0.717, 1.165) is 25.7 Å². The second kappa shape index (κ2) is 2.83. The van der Waals surface area contributed by atoms with Gasteiger partial charge in [0, 0.05) is 0 Å². The molecule has 2 heterocycles. The van der Waals surface area contributed by atoms with Crippen molar-refractivity contribution in [1.29, 1.82) is 0 Å². The van der Waals surface area contributed by atoms with Crippen molar-refractivity contribution in [3.8, 4) is 0 Å². The zero-order chi connectivity index (χ0) is 10.8. The van der Waals surface area contributed by atoms with Gasteiger partial charge in [-0.05, 0) is 69.1 Å². The third-order valence-corrected chi connectivity index (χ3v) is 5.77. The third kappa shape index (κ3) is 1.16. The van der Waals surface area contributed by atoms with E-state index in [-0.39, 0.29) is 17.5 Å². The van der Waals surface area contributed by atoms with E-state index in [1.54, 1.807) is 0 Å². The van der Waals surface area contributed by atoms with Crippen molar-refractivity contribution in [3.05, 3.63) is 0 Å². The molecule has 3 aliphatic carbocycles. The average Bonchev–Trinajstić information content (AvgIpc) is 2.92. The highest BCUT2D eigenvalue weighted by Gasteiger charge is 2.58. The molecule has 3 saturated carbocycles. The van der Waals surface area contributed by atoms with Crippen LogP contribution in [0.3, 0.4) is 0 Å². The average molecular weight is 220 g/mol. The first kappa shape index (κ1) is 9.49. The lowest BCUT2D eigenvalue weighted by molar-refractivity contribution is -0.186. The molecule has 3 atom stereocenters. The van der Waals surface area contributed by atoms with Gasteiger partial charge in [0.25, 0.3) is 0 Å². The summed E-state index contributed by atoms with van der Waals surface area (Å²) in [6, 6.07) is 0. The molecule has 2 nitrogen and oxygen atoms in total. The molecular formula is C14H20O2. The summed E-state index contributed by atoms with van der Waals surface area (Å²) >= 11 is 0. The Hall–Kier alpha value is -0.530. The molecule has 0 aromatic rings. The Morgan fingerprint density at radius 1 is 1.06 bits per heavy atom. The van der Waals surface area contributed by atoms with Gasteiger partial charge in [-0.2, -0.15) is 0 Å². The Bertz CT molecular complexity index is 345. The highest BCUT2D eigenvalue weighted by atomic mass is 16.6. The van der Waals surface area contributed by atoms with Crippen LogP contribution in [0, 0.1) is 17.3 Å². The SMILES string of the molecule is O=C1O[C@]23CCC[C@@H]2CC2(CC2)C[C@H]1CC3. The molecular weight excluding hydrogens is 200 g/mol. The molecule has 0 aromatic carbocycles. The molecule has 0 amide bonds. The monoisotopic (exact) mass is 220 g/mol. The van der Waals surface area contributed by atoms with Crippen molar-refractivity contribution in [2.75, 3.05) is 0 Å². The van der Waals surface area contributed by atoms with Gasteiger partial charge in [-0.1, -0.05) is 0 Å². The van der Waals surface area contributed by atoms with Gasteiger partial charge in [-0.15, -0.1) is 0 Å². The van der Waals surface area contributed by atoms with Crippen LogP contribution in [0.25, 0.3) is 0 Å². The standard InChI is InChI=1S/C14H20O2/c15-12-10-3-5-14(16-12)4-1-2-11(14)9-13(8-10)6-7-13/h10-11H,1-9H2/t10-,11-,14+/m1/s1. The molecule has 5 rings (SSSR count). The smallest absolute Gasteiger partial charge is 0.309 e. The van der Waals surface area contributed by atoms with Gasteiger partial charge in [-0.3, -0.25) is 4.79 Å². The summed E-state index contributed by atoms with van der Waals surface area (Å²) in [6.07, 6.45) is 11.2. The van der Waals surface area contributed by atoms with Crippen molar-refractivity contribution < 1.29 is 9.53 Å². The van der Waals surface area contributed by atoms with E-state index in [0.29, 0.717) is 11.3 Å². The van der Waals surface area contributed by atoms with Crippen LogP contribution in [0.1, 0.15) is 57.8 Å². The van der Waals surface area contributed by atoms with Crippen LogP contribution in [0.5, 0.6) is 0 Å². The van der Waals surface area contributed by atoms with Crippen molar-refractivity contribution >= 4 is 5.97 Å². The normalized spacial score (nSPS) is 48.4. The predicted octanol–water partition coefficient (Wildman–Crippen LogP) is 3.05. The highest BCUT2D eigenvalue weighted by molar-refractivity contribution is 5.74. The Kier molecular flexibility index (Phi) is 1.68. The Labute approximate surface area is 96.7 Å². The van der Waals surface area contributed by atoms with Crippen LogP contribution in [0.2, 0.25) is 0 Å². The number of rotatable bonds is 0. The number of fused-ring (bicyclic) bond motifs is 2. The predicted molar refractivity (Wildman–Crippen MR) is 59.8 cm³/mol. The third-order valence-electron chi connectivity index (χ3n) is 5.77. The van der Waals surface area contributed by atoms with E-state index < -0.39 is 0 Å². The number of carbonyl (C=O) groups excluding carboxylic acids is 1. The lowest BCUT2D eigenvalue weighted by atomic mass is 9.69. The highest BCUT2D eigenvalue weighted by Crippen LogP contribution is 2.63. The fourth-order valence-corrected chi connectivity index (χ4v) is 4.64. The summed E-state index contributed by atoms with van der Waals surface area (Å²) in [5, 5.41) is 0. The Balaban J connectivity index is 1.73. The maximum atomic E-state index is 12.1. The minimum atomic E-state index is -0.0103. The first-order valence-corrected chi connectivity index (χ1v) is 6.94. The first-order chi connectivity index (χ1) is 7.72. The summed E-state index contributed by atoms with van der Waals surface area (Å²) < 4.78 is 5.88. The molecule has 5 aliphatic rings. The summed E-state index contributed by atoms with van der Waals surface area (Å²) in [5.41, 5.74) is 0.564. The summed E-state index contributed by atoms with van der Waals surface area (Å²) in [4.78, 5) is 12.1. The van der Waals surface area contributed by atoms with Crippen LogP contribution < -0.4 is 0 Å². The Morgan fingerprint density at radius 2 is 1.94 bits per heavy atom. The maximum Gasteiger partial charge on any atom is 0.309 e. The molecule has 0 aromatic heterocycles. The van der Waals surface area contributed by atoms with Gasteiger partial charge < -0.3 is 4.74 Å². The topological polar surface area (TPSA) is 26.3 Å². The molecule has 0 N–H and O–H groups in total. The maximum absolute atomic E-state index is 12.1. The molecule has 88 valence electrons. The molecule has 0 radical (unpaired) electrons. The van der Waals surface area contributed by atoms with E-state index in [4.69, 9.17) is 4.74 Å². The minimum absolute atomic E-state index is 0.0103. The van der Waals surface area contributed by atoms with E-state index in [9.17, 15) is 4.79 Å². The van der Waals surface area contributed by atoms with Gasteiger partial charge in [-0.25, -0.2) is 0 Å². The second-order valence-corrected chi connectivity index (χ2v) is 6.72. The van der Waals surface area contributed by atoms with Crippen molar-refractivity contribution in [1.82, 2.24) is 0 Å². The quantitative estimate of drug-likeness (QED) is 0.586. The summed E-state index contributed by atoms with van der Waals surface area (Å²) in [7, 11) is 0. The zero-order valence-corrected chi connectivity index (χ0v) is 9.84. The van der Waals surface area contributed by atoms with E-state index >= 15 is 0 Å². The number of esters is 1. The van der Waals surface area contributed by atoms with E-state index in [2.05, 4.69) is 0 Å². The lowest BCUT2D eigenvalue weighted by Gasteiger charge is -2.45. The van der Waals surface area contributed by atoms with Gasteiger partial charge >= 0.3 is 5.97 Å². The van der Waals surface area contributed by atoms with Crippen molar-refractivity contribution in [3.63, 3.8) is 0 Å². The minimum Gasteiger partial charge on any atom is -0.459 e. The van der Waals surface area contributed by atoms with Crippen LogP contribution in [-0.4, -0.2) is 11.6 Å². The van der Waals surface area contributed by atoms with E-state index in [1.165, 1.54) is 32.1 Å². The second-order valence-electron chi connectivity index (χ2n) is 6.72. The summed E-state index contributed by atoms with van der Waals surface area (Å²) in [6.45, 7) is 0. The number of carbonyl (C=O) groups is 1. The zero-order valence-electron chi connectivity index (χ0n) is 9.84. The largest absolute Gasteiger partial charge is 0.459 e. The molecule has 5 fully saturated rings. The van der Waals surface area contributed by atoms with Crippen LogP contribution in [0.15, 0.2) is 0 Å². The van der Waals surface area contributed by atoms with Crippen LogP contribution in [-0.2, 0) is 9.53 Å².